The smallest absolute Gasteiger partial charge is 0.264 e. The van der Waals surface area contributed by atoms with Crippen LogP contribution in [0.25, 0.3) is 0 Å². The van der Waals surface area contributed by atoms with Crippen molar-refractivity contribution in [3.8, 4) is 0 Å². The second-order valence-corrected chi connectivity index (χ2v) is 14.1. The van der Waals surface area contributed by atoms with E-state index in [4.69, 9.17) is 0 Å². The Morgan fingerprint density at radius 2 is 1.48 bits per heavy atom. The highest BCUT2D eigenvalue weighted by Gasteiger charge is 2.33. The molecule has 0 radical (unpaired) electrons. The first-order valence-electron chi connectivity index (χ1n) is 14.5. The van der Waals surface area contributed by atoms with Crippen LogP contribution in [0, 0.1) is 20.8 Å². The van der Waals surface area contributed by atoms with Gasteiger partial charge in [-0.25, -0.2) is 8.42 Å². The van der Waals surface area contributed by atoms with Crippen LogP contribution in [0.15, 0.2) is 76.1 Å². The minimum atomic E-state index is -4.10. The van der Waals surface area contributed by atoms with Crippen LogP contribution >= 0.6 is 15.9 Å². The lowest BCUT2D eigenvalue weighted by atomic mass is 9.95. The summed E-state index contributed by atoms with van der Waals surface area (Å²) in [6.45, 7) is 7.11. The Labute approximate surface area is 258 Å². The van der Waals surface area contributed by atoms with E-state index in [2.05, 4.69) is 21.2 Å². The zero-order valence-corrected chi connectivity index (χ0v) is 27.2. The maximum Gasteiger partial charge on any atom is 0.264 e. The van der Waals surface area contributed by atoms with Gasteiger partial charge in [0.05, 0.1) is 10.6 Å². The number of aryl methyl sites for hydroxylation is 3. The Morgan fingerprint density at radius 3 is 2.07 bits per heavy atom. The second kappa shape index (κ2) is 13.9. The lowest BCUT2D eigenvalue weighted by Gasteiger charge is -2.33. The van der Waals surface area contributed by atoms with Gasteiger partial charge in [-0.1, -0.05) is 71.1 Å². The highest BCUT2D eigenvalue weighted by Crippen LogP contribution is 2.27. The van der Waals surface area contributed by atoms with Crippen LogP contribution in [0.5, 0.6) is 0 Å². The number of anilines is 1. The first kappa shape index (κ1) is 31.8. The molecule has 1 unspecified atom stereocenters. The number of hydrogen-bond donors (Lipinski definition) is 1. The molecular weight excluding hydrogens is 614 g/mol. The summed E-state index contributed by atoms with van der Waals surface area (Å²) in [7, 11) is -4.10. The third-order valence-corrected chi connectivity index (χ3v) is 10.1. The van der Waals surface area contributed by atoms with Crippen molar-refractivity contribution >= 4 is 43.5 Å². The van der Waals surface area contributed by atoms with E-state index in [1.807, 2.05) is 51.1 Å². The van der Waals surface area contributed by atoms with Gasteiger partial charge in [-0.05, 0) is 93.6 Å². The third-order valence-electron chi connectivity index (χ3n) is 7.77. The molecule has 0 spiro atoms. The molecule has 0 heterocycles. The molecule has 3 aromatic carbocycles. The van der Waals surface area contributed by atoms with Crippen molar-refractivity contribution in [2.75, 3.05) is 10.8 Å². The molecular formula is C33H40BrN3O4S. The van der Waals surface area contributed by atoms with E-state index in [1.165, 1.54) is 15.6 Å². The number of sulfonamides is 1. The Balaban J connectivity index is 1.69. The number of halogens is 1. The Bertz CT molecular complexity index is 1480. The van der Waals surface area contributed by atoms with Crippen molar-refractivity contribution in [1.82, 2.24) is 10.2 Å². The lowest BCUT2D eigenvalue weighted by molar-refractivity contribution is -0.139. The monoisotopic (exact) mass is 653 g/mol. The van der Waals surface area contributed by atoms with Crippen LogP contribution < -0.4 is 9.62 Å². The predicted molar refractivity (Wildman–Crippen MR) is 171 cm³/mol. The van der Waals surface area contributed by atoms with Crippen molar-refractivity contribution in [3.05, 3.63) is 93.5 Å². The van der Waals surface area contributed by atoms with Gasteiger partial charge in [0.25, 0.3) is 10.0 Å². The zero-order valence-electron chi connectivity index (χ0n) is 24.8. The molecule has 1 N–H and O–H groups in total. The molecule has 2 amide bonds. The molecule has 9 heteroatoms. The topological polar surface area (TPSA) is 86.8 Å². The fourth-order valence-corrected chi connectivity index (χ4v) is 7.06. The van der Waals surface area contributed by atoms with Crippen molar-refractivity contribution in [2.45, 2.75) is 83.3 Å². The van der Waals surface area contributed by atoms with Gasteiger partial charge in [0, 0.05) is 17.1 Å². The molecule has 7 nitrogen and oxygen atoms in total. The maximum atomic E-state index is 14.2. The summed E-state index contributed by atoms with van der Waals surface area (Å²) in [5.74, 6) is -0.689. The molecule has 4 rings (SSSR count). The fourth-order valence-electron chi connectivity index (χ4n) is 5.40. The summed E-state index contributed by atoms with van der Waals surface area (Å²) in [6, 6.07) is 18.9. The largest absolute Gasteiger partial charge is 0.352 e. The average molecular weight is 655 g/mol. The summed E-state index contributed by atoms with van der Waals surface area (Å²) >= 11 is 3.45. The number of nitrogens with one attached hydrogen (secondary N) is 1. The number of carbonyl (C=O) groups is 2. The summed E-state index contributed by atoms with van der Waals surface area (Å²) < 4.78 is 30.2. The minimum absolute atomic E-state index is 0.0898. The van der Waals surface area contributed by atoms with Gasteiger partial charge in [0.2, 0.25) is 11.8 Å². The van der Waals surface area contributed by atoms with E-state index in [9.17, 15) is 18.0 Å². The predicted octanol–water partition coefficient (Wildman–Crippen LogP) is 6.44. The first-order valence-corrected chi connectivity index (χ1v) is 16.7. The summed E-state index contributed by atoms with van der Waals surface area (Å²) in [4.78, 5) is 29.2. The van der Waals surface area contributed by atoms with E-state index in [1.54, 1.807) is 43.3 Å². The average Bonchev–Trinajstić information content (AvgIpc) is 2.95. The number of benzene rings is 3. The molecule has 1 saturated carbocycles. The Hall–Kier alpha value is -3.17. The van der Waals surface area contributed by atoms with E-state index in [0.717, 1.165) is 52.4 Å². The van der Waals surface area contributed by atoms with Gasteiger partial charge in [0.15, 0.2) is 0 Å². The van der Waals surface area contributed by atoms with Crippen molar-refractivity contribution in [3.63, 3.8) is 0 Å². The molecule has 1 fully saturated rings. The number of nitrogens with zero attached hydrogens (tertiary/aromatic N) is 2. The molecule has 0 aromatic heterocycles. The minimum Gasteiger partial charge on any atom is -0.352 e. The summed E-state index contributed by atoms with van der Waals surface area (Å²) in [5, 5.41) is 3.14. The van der Waals surface area contributed by atoms with E-state index >= 15 is 0 Å². The number of carbonyl (C=O) groups excluding carboxylic acids is 2. The van der Waals surface area contributed by atoms with E-state index in [0.29, 0.717) is 5.69 Å². The highest BCUT2D eigenvalue weighted by atomic mass is 79.9. The Kier molecular flexibility index (Phi) is 10.5. The van der Waals surface area contributed by atoms with Gasteiger partial charge in [0.1, 0.15) is 12.6 Å². The lowest BCUT2D eigenvalue weighted by Crippen LogP contribution is -2.53. The molecule has 224 valence electrons. The van der Waals surface area contributed by atoms with Gasteiger partial charge in [-0.3, -0.25) is 13.9 Å². The highest BCUT2D eigenvalue weighted by molar-refractivity contribution is 9.10. The van der Waals surface area contributed by atoms with Crippen molar-refractivity contribution in [2.24, 2.45) is 0 Å². The van der Waals surface area contributed by atoms with Crippen LogP contribution in [-0.4, -0.2) is 43.8 Å². The first-order chi connectivity index (χ1) is 19.9. The molecule has 1 aliphatic rings. The van der Waals surface area contributed by atoms with Crippen LogP contribution in [-0.2, 0) is 26.2 Å². The molecule has 0 bridgehead atoms. The number of hydrogen-bond acceptors (Lipinski definition) is 4. The quantitative estimate of drug-likeness (QED) is 0.273. The maximum absolute atomic E-state index is 14.2. The molecule has 0 saturated heterocycles. The fraction of sp³-hybridized carbons (Fsp3) is 0.394. The van der Waals surface area contributed by atoms with Crippen molar-refractivity contribution < 1.29 is 18.0 Å². The molecule has 3 aromatic rings. The number of amides is 2. The zero-order chi connectivity index (χ0) is 30.4. The van der Waals surface area contributed by atoms with E-state index in [-0.39, 0.29) is 23.4 Å². The van der Waals surface area contributed by atoms with Crippen LogP contribution in [0.4, 0.5) is 5.69 Å². The second-order valence-electron chi connectivity index (χ2n) is 11.3. The van der Waals surface area contributed by atoms with Crippen LogP contribution in [0.1, 0.15) is 61.3 Å². The third kappa shape index (κ3) is 8.01. The summed E-state index contributed by atoms with van der Waals surface area (Å²) in [6.07, 6.45) is 5.16. The van der Waals surface area contributed by atoms with Crippen LogP contribution in [0.3, 0.4) is 0 Å². The number of rotatable bonds is 10. The molecule has 1 aliphatic carbocycles. The van der Waals surface area contributed by atoms with Gasteiger partial charge in [-0.2, -0.15) is 0 Å². The van der Waals surface area contributed by atoms with E-state index < -0.39 is 28.5 Å². The van der Waals surface area contributed by atoms with Crippen LogP contribution in [0.2, 0.25) is 0 Å². The summed E-state index contributed by atoms with van der Waals surface area (Å²) in [5.41, 5.74) is 3.94. The van der Waals surface area contributed by atoms with Gasteiger partial charge >= 0.3 is 0 Å². The van der Waals surface area contributed by atoms with Gasteiger partial charge in [-0.15, -0.1) is 0 Å². The SMILES string of the molecule is Cc1ccc(S(=O)(=O)N(CC(=O)N(Cc2ccc(Br)cc2)C(C)C(=O)NC2CCCCC2)c2cc(C)cc(C)c2)cc1. The standard InChI is InChI=1S/C33H40BrN3O4S/c1-23-10-16-31(17-11-23)42(40,41)37(30-19-24(2)18-25(3)20-30)22-32(38)36(21-27-12-14-28(34)15-13-27)26(4)33(39)35-29-8-6-5-7-9-29/h10-20,26,29H,5-9,21-22H2,1-4H3,(H,35,39). The molecule has 0 aliphatic heterocycles. The van der Waals surface area contributed by atoms with Crippen molar-refractivity contribution in [1.29, 1.82) is 0 Å². The molecule has 1 atom stereocenters. The van der Waals surface area contributed by atoms with Gasteiger partial charge < -0.3 is 10.2 Å². The Morgan fingerprint density at radius 1 is 0.881 bits per heavy atom. The normalized spacial score (nSPS) is 14.7. The molecule has 42 heavy (non-hydrogen) atoms.